The van der Waals surface area contributed by atoms with Crippen LogP contribution in [0.2, 0.25) is 0 Å². The molecule has 2 aromatic rings. The SMILES string of the molecule is CCC1Cc2ccccc2CN1C(=O)NCc1ccc(=O)[nH]n1. The van der Waals surface area contributed by atoms with E-state index < -0.39 is 0 Å². The van der Waals surface area contributed by atoms with Gasteiger partial charge in [-0.05, 0) is 30.0 Å². The lowest BCUT2D eigenvalue weighted by molar-refractivity contribution is 0.160. The predicted molar refractivity (Wildman–Crippen MR) is 86.9 cm³/mol. The quantitative estimate of drug-likeness (QED) is 0.907. The van der Waals surface area contributed by atoms with Crippen molar-refractivity contribution in [2.24, 2.45) is 0 Å². The second-order valence-corrected chi connectivity index (χ2v) is 5.73. The van der Waals surface area contributed by atoms with E-state index in [-0.39, 0.29) is 17.6 Å². The van der Waals surface area contributed by atoms with Gasteiger partial charge in [-0.15, -0.1) is 0 Å². The molecule has 0 saturated heterocycles. The molecule has 0 saturated carbocycles. The standard InChI is InChI=1S/C17H20N4O2/c1-2-15-9-12-5-3-4-6-13(12)11-21(15)17(23)18-10-14-7-8-16(22)20-19-14/h3-8,15H,2,9-11H2,1H3,(H,18,23)(H,20,22). The molecule has 1 aliphatic rings. The number of rotatable bonds is 3. The molecule has 1 aliphatic heterocycles. The Morgan fingerprint density at radius 2 is 2.09 bits per heavy atom. The fraction of sp³-hybridized carbons (Fsp3) is 0.353. The van der Waals surface area contributed by atoms with Crippen LogP contribution in [0.15, 0.2) is 41.2 Å². The minimum atomic E-state index is -0.251. The van der Waals surface area contributed by atoms with E-state index >= 15 is 0 Å². The highest BCUT2D eigenvalue weighted by molar-refractivity contribution is 5.75. The van der Waals surface area contributed by atoms with Gasteiger partial charge in [0, 0.05) is 18.7 Å². The first-order valence-corrected chi connectivity index (χ1v) is 7.83. The molecule has 1 atom stereocenters. The summed E-state index contributed by atoms with van der Waals surface area (Å²) in [4.78, 5) is 25.4. The van der Waals surface area contributed by atoms with Crippen molar-refractivity contribution in [3.05, 3.63) is 63.6 Å². The lowest BCUT2D eigenvalue weighted by Gasteiger charge is -2.36. The molecule has 0 aliphatic carbocycles. The van der Waals surface area contributed by atoms with Crippen LogP contribution in [0.1, 0.15) is 30.2 Å². The van der Waals surface area contributed by atoms with Gasteiger partial charge in [-0.25, -0.2) is 9.89 Å². The molecule has 0 fully saturated rings. The van der Waals surface area contributed by atoms with Gasteiger partial charge in [-0.3, -0.25) is 4.79 Å². The van der Waals surface area contributed by atoms with Crippen LogP contribution >= 0.6 is 0 Å². The van der Waals surface area contributed by atoms with Gasteiger partial charge < -0.3 is 10.2 Å². The summed E-state index contributed by atoms with van der Waals surface area (Å²) in [5, 5.41) is 9.15. The van der Waals surface area contributed by atoms with Crippen LogP contribution in [0.5, 0.6) is 0 Å². The maximum atomic E-state index is 12.5. The van der Waals surface area contributed by atoms with Gasteiger partial charge in [-0.1, -0.05) is 31.2 Å². The number of aromatic nitrogens is 2. The smallest absolute Gasteiger partial charge is 0.318 e. The second-order valence-electron chi connectivity index (χ2n) is 5.73. The van der Waals surface area contributed by atoms with E-state index in [1.165, 1.54) is 17.2 Å². The highest BCUT2D eigenvalue weighted by Crippen LogP contribution is 2.24. The maximum absolute atomic E-state index is 12.5. The van der Waals surface area contributed by atoms with Crippen LogP contribution in [0.3, 0.4) is 0 Å². The molecule has 1 aromatic carbocycles. The van der Waals surface area contributed by atoms with E-state index in [2.05, 4.69) is 34.6 Å². The Labute approximate surface area is 134 Å². The number of aromatic amines is 1. The minimum absolute atomic E-state index is 0.0978. The summed E-state index contributed by atoms with van der Waals surface area (Å²) < 4.78 is 0. The van der Waals surface area contributed by atoms with Crippen LogP contribution in [0.25, 0.3) is 0 Å². The van der Waals surface area contributed by atoms with Crippen LogP contribution in [0, 0.1) is 0 Å². The first-order chi connectivity index (χ1) is 11.2. The predicted octanol–water partition coefficient (Wildman–Crippen LogP) is 1.82. The van der Waals surface area contributed by atoms with E-state index in [1.807, 2.05) is 17.0 Å². The fourth-order valence-electron chi connectivity index (χ4n) is 2.93. The number of fused-ring (bicyclic) bond motifs is 1. The first-order valence-electron chi connectivity index (χ1n) is 7.83. The van der Waals surface area contributed by atoms with E-state index in [1.54, 1.807) is 6.07 Å². The topological polar surface area (TPSA) is 78.1 Å². The van der Waals surface area contributed by atoms with Gasteiger partial charge in [0.1, 0.15) is 0 Å². The number of urea groups is 1. The number of nitrogens with one attached hydrogen (secondary N) is 2. The molecule has 0 radical (unpaired) electrons. The Hall–Kier alpha value is -2.63. The van der Waals surface area contributed by atoms with E-state index in [0.29, 0.717) is 18.8 Å². The first kappa shape index (κ1) is 15.3. The zero-order chi connectivity index (χ0) is 16.2. The van der Waals surface area contributed by atoms with Crippen LogP contribution in [0.4, 0.5) is 4.79 Å². The largest absolute Gasteiger partial charge is 0.332 e. The zero-order valence-corrected chi connectivity index (χ0v) is 13.1. The molecule has 0 spiro atoms. The summed E-state index contributed by atoms with van der Waals surface area (Å²) in [6.07, 6.45) is 1.80. The third kappa shape index (κ3) is 3.41. The van der Waals surface area contributed by atoms with Crippen molar-refractivity contribution in [1.82, 2.24) is 20.4 Å². The van der Waals surface area contributed by atoms with Gasteiger partial charge in [0.2, 0.25) is 0 Å². The molecule has 6 heteroatoms. The number of hydrogen-bond acceptors (Lipinski definition) is 3. The fourth-order valence-corrected chi connectivity index (χ4v) is 2.93. The lowest BCUT2D eigenvalue weighted by Crippen LogP contribution is -2.48. The Kier molecular flexibility index (Phi) is 4.41. The molecule has 2 N–H and O–H groups in total. The molecule has 120 valence electrons. The van der Waals surface area contributed by atoms with Crippen LogP contribution < -0.4 is 10.9 Å². The Morgan fingerprint density at radius 3 is 2.78 bits per heavy atom. The van der Waals surface area contributed by atoms with E-state index in [0.717, 1.165) is 12.8 Å². The van der Waals surface area contributed by atoms with Crippen LogP contribution in [-0.4, -0.2) is 27.2 Å². The van der Waals surface area contributed by atoms with Crippen molar-refractivity contribution in [2.75, 3.05) is 0 Å². The normalized spacial score (nSPS) is 16.7. The summed E-state index contributed by atoms with van der Waals surface area (Å²) >= 11 is 0. The van der Waals surface area contributed by atoms with Crippen molar-refractivity contribution < 1.29 is 4.79 Å². The molecular weight excluding hydrogens is 292 g/mol. The molecule has 0 bridgehead atoms. The number of carbonyl (C=O) groups is 1. The number of H-pyrrole nitrogens is 1. The lowest BCUT2D eigenvalue weighted by atomic mass is 9.93. The van der Waals surface area contributed by atoms with Crippen molar-refractivity contribution in [2.45, 2.75) is 38.9 Å². The molecule has 1 aromatic heterocycles. The molecular formula is C17H20N4O2. The van der Waals surface area contributed by atoms with Crippen molar-refractivity contribution in [3.63, 3.8) is 0 Å². The summed E-state index contributed by atoms with van der Waals surface area (Å²) in [7, 11) is 0. The zero-order valence-electron chi connectivity index (χ0n) is 13.1. The third-order valence-corrected chi connectivity index (χ3v) is 4.25. The highest BCUT2D eigenvalue weighted by Gasteiger charge is 2.28. The second kappa shape index (κ2) is 6.64. The third-order valence-electron chi connectivity index (χ3n) is 4.25. The summed E-state index contributed by atoms with van der Waals surface area (Å²) in [6.45, 7) is 3.02. The summed E-state index contributed by atoms with van der Waals surface area (Å²) in [5.74, 6) is 0. The molecule has 2 amide bonds. The average molecular weight is 312 g/mol. The number of amides is 2. The Balaban J connectivity index is 1.68. The van der Waals surface area contributed by atoms with Gasteiger partial charge in [0.05, 0.1) is 12.2 Å². The van der Waals surface area contributed by atoms with Crippen LogP contribution in [-0.2, 0) is 19.5 Å². The monoisotopic (exact) mass is 312 g/mol. The number of nitrogens with zero attached hydrogens (tertiary/aromatic N) is 2. The molecule has 1 unspecified atom stereocenters. The van der Waals surface area contributed by atoms with Gasteiger partial charge >= 0.3 is 6.03 Å². The Bertz CT molecular complexity index is 736. The molecule has 3 rings (SSSR count). The average Bonchev–Trinajstić information content (AvgIpc) is 2.59. The molecule has 6 nitrogen and oxygen atoms in total. The van der Waals surface area contributed by atoms with E-state index in [4.69, 9.17) is 0 Å². The maximum Gasteiger partial charge on any atom is 0.318 e. The molecule has 23 heavy (non-hydrogen) atoms. The van der Waals surface area contributed by atoms with Gasteiger partial charge in [0.25, 0.3) is 5.56 Å². The Morgan fingerprint density at radius 1 is 1.30 bits per heavy atom. The van der Waals surface area contributed by atoms with Crippen molar-refractivity contribution in [3.8, 4) is 0 Å². The summed E-state index contributed by atoms with van der Waals surface area (Å²) in [5.41, 5.74) is 2.90. The van der Waals surface area contributed by atoms with E-state index in [9.17, 15) is 9.59 Å². The van der Waals surface area contributed by atoms with Crippen molar-refractivity contribution in [1.29, 1.82) is 0 Å². The minimum Gasteiger partial charge on any atom is -0.332 e. The highest BCUT2D eigenvalue weighted by atomic mass is 16.2. The molecule has 2 heterocycles. The number of carbonyl (C=O) groups excluding carboxylic acids is 1. The summed E-state index contributed by atoms with van der Waals surface area (Å²) in [6, 6.07) is 11.4. The van der Waals surface area contributed by atoms with Gasteiger partial charge in [0.15, 0.2) is 0 Å². The number of hydrogen-bond donors (Lipinski definition) is 2. The van der Waals surface area contributed by atoms with Gasteiger partial charge in [-0.2, -0.15) is 5.10 Å². The number of benzene rings is 1. The van der Waals surface area contributed by atoms with Crippen molar-refractivity contribution >= 4 is 6.03 Å².